The predicted molar refractivity (Wildman–Crippen MR) is 69.3 cm³/mol. The molecule has 0 amide bonds. The Hall–Kier alpha value is -1.73. The first kappa shape index (κ1) is 13.3. The zero-order valence-corrected chi connectivity index (χ0v) is 10.2. The molecule has 0 aliphatic rings. The lowest BCUT2D eigenvalue weighted by molar-refractivity contribution is -0.384. The molecule has 17 heavy (non-hydrogen) atoms. The lowest BCUT2D eigenvalue weighted by Gasteiger charge is -2.14. The van der Waals surface area contributed by atoms with Crippen molar-refractivity contribution < 1.29 is 4.92 Å². The van der Waals surface area contributed by atoms with Gasteiger partial charge in [0, 0.05) is 12.1 Å². The molecule has 0 bridgehead atoms. The first-order valence-corrected chi connectivity index (χ1v) is 5.63. The van der Waals surface area contributed by atoms with Crippen LogP contribution in [0, 0.1) is 22.5 Å². The van der Waals surface area contributed by atoms with E-state index in [0.717, 1.165) is 12.8 Å². The maximum Gasteiger partial charge on any atom is 0.271 e. The number of terminal acetylenes is 1. The summed E-state index contributed by atoms with van der Waals surface area (Å²) in [6, 6.07) is 4.16. The molecule has 0 radical (unpaired) electrons. The highest BCUT2D eigenvalue weighted by Crippen LogP contribution is 2.27. The molecule has 1 aromatic rings. The van der Waals surface area contributed by atoms with Crippen molar-refractivity contribution in [3.05, 3.63) is 33.3 Å². The van der Waals surface area contributed by atoms with E-state index in [1.807, 2.05) is 6.92 Å². The Labute approximate surface area is 105 Å². The molecule has 1 aromatic carbocycles. The molecule has 0 saturated carbocycles. The van der Waals surface area contributed by atoms with Gasteiger partial charge in [0.15, 0.2) is 0 Å². The lowest BCUT2D eigenvalue weighted by atomic mass is 10.1. The monoisotopic (exact) mass is 252 g/mol. The SMILES string of the molecule is C#CC(CCC)Nc1ccc([N+](=O)[O-])cc1Cl. The van der Waals surface area contributed by atoms with Gasteiger partial charge in [0.25, 0.3) is 5.69 Å². The molecule has 90 valence electrons. The molecular weight excluding hydrogens is 240 g/mol. The van der Waals surface area contributed by atoms with E-state index in [-0.39, 0.29) is 11.7 Å². The van der Waals surface area contributed by atoms with Crippen LogP contribution >= 0.6 is 11.6 Å². The summed E-state index contributed by atoms with van der Waals surface area (Å²) < 4.78 is 0. The molecule has 0 aromatic heterocycles. The molecule has 1 atom stereocenters. The minimum Gasteiger partial charge on any atom is -0.370 e. The van der Waals surface area contributed by atoms with Gasteiger partial charge in [-0.2, -0.15) is 0 Å². The Kier molecular flexibility index (Phi) is 4.80. The Morgan fingerprint density at radius 2 is 2.35 bits per heavy atom. The van der Waals surface area contributed by atoms with Crippen LogP contribution in [-0.4, -0.2) is 11.0 Å². The van der Waals surface area contributed by atoms with Gasteiger partial charge in [-0.25, -0.2) is 0 Å². The fraction of sp³-hybridized carbons (Fsp3) is 0.333. The number of halogens is 1. The summed E-state index contributed by atoms with van der Waals surface area (Å²) in [5.41, 5.74) is 0.585. The van der Waals surface area contributed by atoms with E-state index in [2.05, 4.69) is 11.2 Å². The highest BCUT2D eigenvalue weighted by molar-refractivity contribution is 6.33. The van der Waals surface area contributed by atoms with Crippen molar-refractivity contribution >= 4 is 23.0 Å². The highest BCUT2D eigenvalue weighted by Gasteiger charge is 2.11. The Morgan fingerprint density at radius 1 is 1.65 bits per heavy atom. The zero-order valence-electron chi connectivity index (χ0n) is 9.44. The number of hydrogen-bond donors (Lipinski definition) is 1. The van der Waals surface area contributed by atoms with Crippen LogP contribution in [0.4, 0.5) is 11.4 Å². The van der Waals surface area contributed by atoms with Crippen molar-refractivity contribution in [2.75, 3.05) is 5.32 Å². The molecule has 0 aliphatic heterocycles. The average Bonchev–Trinajstić information content (AvgIpc) is 2.30. The number of hydrogen-bond acceptors (Lipinski definition) is 3. The van der Waals surface area contributed by atoms with Gasteiger partial charge in [0.1, 0.15) is 0 Å². The fourth-order valence-corrected chi connectivity index (χ4v) is 1.64. The Balaban J connectivity index is 2.86. The molecule has 0 heterocycles. The molecule has 0 aliphatic carbocycles. The summed E-state index contributed by atoms with van der Waals surface area (Å²) in [7, 11) is 0. The number of benzene rings is 1. The molecule has 1 rings (SSSR count). The van der Waals surface area contributed by atoms with Gasteiger partial charge >= 0.3 is 0 Å². The summed E-state index contributed by atoms with van der Waals surface area (Å²) in [6.07, 6.45) is 7.15. The third-order valence-corrected chi connectivity index (χ3v) is 2.58. The maximum atomic E-state index is 10.5. The quantitative estimate of drug-likeness (QED) is 0.496. The van der Waals surface area contributed by atoms with Crippen LogP contribution < -0.4 is 5.32 Å². The van der Waals surface area contributed by atoms with Crippen LogP contribution in [0.15, 0.2) is 18.2 Å². The second-order valence-electron chi connectivity index (χ2n) is 3.57. The van der Waals surface area contributed by atoms with E-state index in [4.69, 9.17) is 18.0 Å². The highest BCUT2D eigenvalue weighted by atomic mass is 35.5. The summed E-state index contributed by atoms with van der Waals surface area (Å²) in [5.74, 6) is 2.61. The molecule has 5 heteroatoms. The number of rotatable bonds is 5. The van der Waals surface area contributed by atoms with Gasteiger partial charge in [0.05, 0.1) is 21.7 Å². The number of nitrogens with zero attached hydrogens (tertiary/aromatic N) is 1. The largest absolute Gasteiger partial charge is 0.370 e. The van der Waals surface area contributed by atoms with Crippen molar-refractivity contribution in [2.24, 2.45) is 0 Å². The zero-order chi connectivity index (χ0) is 12.8. The van der Waals surface area contributed by atoms with Gasteiger partial charge in [-0.05, 0) is 12.5 Å². The molecule has 0 spiro atoms. The maximum absolute atomic E-state index is 10.5. The first-order chi connectivity index (χ1) is 8.08. The van der Waals surface area contributed by atoms with E-state index in [0.29, 0.717) is 10.7 Å². The number of anilines is 1. The lowest BCUT2D eigenvalue weighted by Crippen LogP contribution is -2.16. The van der Waals surface area contributed by atoms with Crippen molar-refractivity contribution in [1.29, 1.82) is 0 Å². The van der Waals surface area contributed by atoms with Gasteiger partial charge in [-0.15, -0.1) is 6.42 Å². The minimum absolute atomic E-state index is 0.0340. The molecule has 0 saturated heterocycles. The van der Waals surface area contributed by atoms with E-state index < -0.39 is 4.92 Å². The van der Waals surface area contributed by atoms with Crippen molar-refractivity contribution in [3.8, 4) is 12.3 Å². The summed E-state index contributed by atoms with van der Waals surface area (Å²) in [4.78, 5) is 10.1. The van der Waals surface area contributed by atoms with Gasteiger partial charge in [0.2, 0.25) is 0 Å². The van der Waals surface area contributed by atoms with Crippen LogP contribution in [0.2, 0.25) is 5.02 Å². The Morgan fingerprint density at radius 3 is 2.82 bits per heavy atom. The van der Waals surface area contributed by atoms with Crippen molar-refractivity contribution in [3.63, 3.8) is 0 Å². The molecule has 1 unspecified atom stereocenters. The van der Waals surface area contributed by atoms with Crippen molar-refractivity contribution in [1.82, 2.24) is 0 Å². The topological polar surface area (TPSA) is 55.2 Å². The summed E-state index contributed by atoms with van der Waals surface area (Å²) in [5, 5.41) is 13.9. The fourth-order valence-electron chi connectivity index (χ4n) is 1.41. The van der Waals surface area contributed by atoms with Crippen LogP contribution in [0.3, 0.4) is 0 Å². The van der Waals surface area contributed by atoms with E-state index >= 15 is 0 Å². The van der Waals surface area contributed by atoms with Crippen LogP contribution in [0.25, 0.3) is 0 Å². The standard InChI is InChI=1S/C12H13ClN2O2/c1-3-5-9(4-2)14-12-7-6-10(15(16)17)8-11(12)13/h2,6-9,14H,3,5H2,1H3. The van der Waals surface area contributed by atoms with Gasteiger partial charge < -0.3 is 5.32 Å². The number of non-ortho nitro benzene ring substituents is 1. The number of nitro groups is 1. The summed E-state index contributed by atoms with van der Waals surface area (Å²) in [6.45, 7) is 2.03. The second kappa shape index (κ2) is 6.12. The van der Waals surface area contributed by atoms with Crippen LogP contribution in [-0.2, 0) is 0 Å². The third kappa shape index (κ3) is 3.65. The third-order valence-electron chi connectivity index (χ3n) is 2.27. The normalized spacial score (nSPS) is 11.6. The Bertz CT molecular complexity index is 454. The van der Waals surface area contributed by atoms with E-state index in [1.165, 1.54) is 12.1 Å². The first-order valence-electron chi connectivity index (χ1n) is 5.25. The van der Waals surface area contributed by atoms with Crippen LogP contribution in [0.1, 0.15) is 19.8 Å². The number of nitrogens with one attached hydrogen (secondary N) is 1. The summed E-state index contributed by atoms with van der Waals surface area (Å²) >= 11 is 5.94. The second-order valence-corrected chi connectivity index (χ2v) is 3.98. The minimum atomic E-state index is -0.486. The van der Waals surface area contributed by atoms with E-state index in [1.54, 1.807) is 6.07 Å². The molecule has 0 fully saturated rings. The molecule has 1 N–H and O–H groups in total. The molecular formula is C12H13ClN2O2. The number of nitro benzene ring substituents is 1. The van der Waals surface area contributed by atoms with Gasteiger partial charge in [-0.3, -0.25) is 10.1 Å². The van der Waals surface area contributed by atoms with E-state index in [9.17, 15) is 10.1 Å². The van der Waals surface area contributed by atoms with Crippen molar-refractivity contribution in [2.45, 2.75) is 25.8 Å². The van der Waals surface area contributed by atoms with Gasteiger partial charge in [-0.1, -0.05) is 30.9 Å². The average molecular weight is 253 g/mol. The molecule has 4 nitrogen and oxygen atoms in total. The van der Waals surface area contributed by atoms with Crippen LogP contribution in [0.5, 0.6) is 0 Å². The predicted octanol–water partition coefficient (Wildman–Crippen LogP) is 3.46. The smallest absolute Gasteiger partial charge is 0.271 e.